The molecule has 0 saturated carbocycles. The van der Waals surface area contributed by atoms with Gasteiger partial charge in [-0.05, 0) is 60.2 Å². The normalized spacial score (nSPS) is 12.7. The van der Waals surface area contributed by atoms with Crippen LogP contribution in [0.25, 0.3) is 17.0 Å². The van der Waals surface area contributed by atoms with Gasteiger partial charge in [0.15, 0.2) is 5.83 Å². The SMILES string of the molecule is CCC/C(F)=C(\F)c1ccc(-c2cc(F)c(CCc3ccc(C(F)(F)Oc4cc(F)c(C(F)(F)F)c(F)c4)cc3)c(F)c2)cc1. The summed E-state index contributed by atoms with van der Waals surface area (Å²) in [6.07, 6.45) is -9.39. The molecule has 0 aliphatic heterocycles. The highest BCUT2D eigenvalue weighted by Gasteiger charge is 2.40. The van der Waals surface area contributed by atoms with Gasteiger partial charge in [-0.25, -0.2) is 26.3 Å². The Bertz CT molecular complexity index is 1640. The third kappa shape index (κ3) is 7.84. The van der Waals surface area contributed by atoms with Crippen LogP contribution in [0.5, 0.6) is 5.75 Å². The number of hydrogen-bond acceptors (Lipinski definition) is 1. The molecule has 0 atom stereocenters. The van der Waals surface area contributed by atoms with Crippen molar-refractivity contribution >= 4 is 5.83 Å². The summed E-state index contributed by atoms with van der Waals surface area (Å²) in [6, 6.07) is 11.7. The monoisotopic (exact) mass is 644 g/mol. The second-order valence-corrected chi connectivity index (χ2v) is 10.0. The average molecular weight is 645 g/mol. The zero-order valence-electron chi connectivity index (χ0n) is 23.3. The van der Waals surface area contributed by atoms with Crippen LogP contribution in [0.3, 0.4) is 0 Å². The topological polar surface area (TPSA) is 9.23 Å². The van der Waals surface area contributed by atoms with Crippen LogP contribution < -0.4 is 4.74 Å². The Morgan fingerprint density at radius 3 is 1.73 bits per heavy atom. The molecule has 0 saturated heterocycles. The highest BCUT2D eigenvalue weighted by atomic mass is 19.4. The molecule has 12 heteroatoms. The smallest absolute Gasteiger partial charge is 0.426 e. The molecule has 0 aliphatic rings. The third-order valence-electron chi connectivity index (χ3n) is 6.82. The van der Waals surface area contributed by atoms with Crippen LogP contribution in [0, 0.1) is 23.3 Å². The molecule has 0 amide bonds. The first-order valence-electron chi connectivity index (χ1n) is 13.5. The lowest BCUT2D eigenvalue weighted by Gasteiger charge is -2.19. The van der Waals surface area contributed by atoms with Crippen molar-refractivity contribution < 1.29 is 53.0 Å². The zero-order chi connectivity index (χ0) is 33.1. The van der Waals surface area contributed by atoms with Gasteiger partial charge in [0.25, 0.3) is 0 Å². The molecule has 1 nitrogen and oxygen atoms in total. The summed E-state index contributed by atoms with van der Waals surface area (Å²) < 4.78 is 157. The maximum atomic E-state index is 14.9. The molecule has 0 N–H and O–H groups in total. The fourth-order valence-electron chi connectivity index (χ4n) is 4.52. The largest absolute Gasteiger partial charge is 0.429 e. The van der Waals surface area contributed by atoms with Crippen LogP contribution in [-0.2, 0) is 25.1 Å². The number of rotatable bonds is 10. The minimum absolute atomic E-state index is 0.00942. The summed E-state index contributed by atoms with van der Waals surface area (Å²) >= 11 is 0. The Kier molecular flexibility index (Phi) is 9.94. The molecule has 0 spiro atoms. The Hall–Kier alpha value is -4.35. The van der Waals surface area contributed by atoms with E-state index in [-0.39, 0.29) is 48.1 Å². The van der Waals surface area contributed by atoms with Crippen molar-refractivity contribution in [2.75, 3.05) is 0 Å². The Balaban J connectivity index is 1.44. The predicted octanol–water partition coefficient (Wildman–Crippen LogP) is 11.2. The molecule has 0 aromatic heterocycles. The van der Waals surface area contributed by atoms with E-state index < -0.39 is 64.1 Å². The number of halogens is 11. The van der Waals surface area contributed by atoms with E-state index in [4.69, 9.17) is 0 Å². The Morgan fingerprint density at radius 1 is 0.667 bits per heavy atom. The van der Waals surface area contributed by atoms with E-state index in [0.29, 0.717) is 17.5 Å². The molecule has 4 aromatic carbocycles. The zero-order valence-corrected chi connectivity index (χ0v) is 23.3. The third-order valence-corrected chi connectivity index (χ3v) is 6.82. The van der Waals surface area contributed by atoms with E-state index in [2.05, 4.69) is 4.74 Å². The maximum absolute atomic E-state index is 14.9. The molecule has 0 fully saturated rings. The van der Waals surface area contributed by atoms with Gasteiger partial charge in [-0.2, -0.15) is 22.0 Å². The molecule has 4 aromatic rings. The quantitative estimate of drug-likeness (QED) is 0.156. The molecule has 238 valence electrons. The van der Waals surface area contributed by atoms with E-state index in [1.807, 2.05) is 0 Å². The Labute approximate surface area is 250 Å². The van der Waals surface area contributed by atoms with Gasteiger partial charge in [0, 0.05) is 29.7 Å². The van der Waals surface area contributed by atoms with Gasteiger partial charge in [-0.1, -0.05) is 43.3 Å². The summed E-state index contributed by atoms with van der Waals surface area (Å²) in [5.74, 6) is -9.11. The number of benzene rings is 4. The highest BCUT2D eigenvalue weighted by Crippen LogP contribution is 2.38. The number of ether oxygens (including phenoxy) is 1. The summed E-state index contributed by atoms with van der Waals surface area (Å²) in [4.78, 5) is 0. The summed E-state index contributed by atoms with van der Waals surface area (Å²) in [7, 11) is 0. The highest BCUT2D eigenvalue weighted by molar-refractivity contribution is 5.69. The van der Waals surface area contributed by atoms with Crippen molar-refractivity contribution in [3.8, 4) is 16.9 Å². The summed E-state index contributed by atoms with van der Waals surface area (Å²) in [6.45, 7) is 1.70. The van der Waals surface area contributed by atoms with E-state index in [1.165, 1.54) is 36.4 Å². The van der Waals surface area contributed by atoms with Crippen molar-refractivity contribution in [2.24, 2.45) is 0 Å². The van der Waals surface area contributed by atoms with Crippen molar-refractivity contribution in [1.29, 1.82) is 0 Å². The van der Waals surface area contributed by atoms with Crippen molar-refractivity contribution in [3.63, 3.8) is 0 Å². The number of aryl methyl sites for hydroxylation is 1. The minimum Gasteiger partial charge on any atom is -0.429 e. The van der Waals surface area contributed by atoms with E-state index in [1.54, 1.807) is 6.92 Å². The van der Waals surface area contributed by atoms with E-state index in [0.717, 1.165) is 24.3 Å². The van der Waals surface area contributed by atoms with Crippen LogP contribution in [0.4, 0.5) is 48.3 Å². The fraction of sp³-hybridized carbons (Fsp3) is 0.212. The molecule has 0 heterocycles. The van der Waals surface area contributed by atoms with Gasteiger partial charge in [0.05, 0.1) is 5.56 Å². The van der Waals surface area contributed by atoms with Crippen molar-refractivity contribution in [3.05, 3.63) is 130 Å². The molecule has 0 aliphatic carbocycles. The molecule has 0 bridgehead atoms. The number of alkyl halides is 5. The van der Waals surface area contributed by atoms with E-state index in [9.17, 15) is 48.3 Å². The molecular weight excluding hydrogens is 621 g/mol. The van der Waals surface area contributed by atoms with Gasteiger partial charge >= 0.3 is 12.3 Å². The van der Waals surface area contributed by atoms with Crippen molar-refractivity contribution in [2.45, 2.75) is 44.9 Å². The number of hydrogen-bond donors (Lipinski definition) is 0. The van der Waals surface area contributed by atoms with Gasteiger partial charge in [0.1, 0.15) is 40.4 Å². The maximum Gasteiger partial charge on any atom is 0.426 e. The molecule has 45 heavy (non-hydrogen) atoms. The minimum atomic E-state index is -5.39. The Morgan fingerprint density at radius 2 is 1.22 bits per heavy atom. The first-order valence-corrected chi connectivity index (χ1v) is 13.5. The number of allylic oxidation sites excluding steroid dienone is 1. The van der Waals surface area contributed by atoms with E-state index >= 15 is 0 Å². The van der Waals surface area contributed by atoms with Crippen LogP contribution in [0.15, 0.2) is 78.6 Å². The van der Waals surface area contributed by atoms with Gasteiger partial charge in [0.2, 0.25) is 0 Å². The van der Waals surface area contributed by atoms with Crippen molar-refractivity contribution in [1.82, 2.24) is 0 Å². The van der Waals surface area contributed by atoms with Crippen LogP contribution in [-0.4, -0.2) is 0 Å². The average Bonchev–Trinajstić information content (AvgIpc) is 2.95. The lowest BCUT2D eigenvalue weighted by molar-refractivity contribution is -0.185. The van der Waals surface area contributed by atoms with Gasteiger partial charge in [-0.3, -0.25) is 0 Å². The summed E-state index contributed by atoms with van der Waals surface area (Å²) in [5, 5.41) is 0. The molecular formula is C33H23F11O. The lowest BCUT2D eigenvalue weighted by Crippen LogP contribution is -2.22. The van der Waals surface area contributed by atoms with Crippen LogP contribution in [0.1, 0.15) is 47.6 Å². The standard InChI is InChI=1S/C33H23F11O/c1-2-3-25(34)31(39)20-9-7-19(8-10-20)21-14-26(35)24(27(36)15-21)13-6-18-4-11-22(12-5-18)33(43,44)45-23-16-28(37)30(29(38)17-23)32(40,41)42/h4-5,7-12,14-17H,2-3,6,13H2,1H3/b31-25+. The molecule has 0 radical (unpaired) electrons. The molecule has 0 unspecified atom stereocenters. The predicted molar refractivity (Wildman–Crippen MR) is 146 cm³/mol. The first-order chi connectivity index (χ1) is 21.1. The second kappa shape index (κ2) is 13.3. The first kappa shape index (κ1) is 33.5. The lowest BCUT2D eigenvalue weighted by atomic mass is 9.98. The van der Waals surface area contributed by atoms with Crippen LogP contribution >= 0.6 is 0 Å². The van der Waals surface area contributed by atoms with Gasteiger partial charge < -0.3 is 4.74 Å². The fourth-order valence-corrected chi connectivity index (χ4v) is 4.52. The van der Waals surface area contributed by atoms with Gasteiger partial charge in [-0.15, -0.1) is 0 Å². The van der Waals surface area contributed by atoms with Crippen LogP contribution in [0.2, 0.25) is 0 Å². The second-order valence-electron chi connectivity index (χ2n) is 10.0. The summed E-state index contributed by atoms with van der Waals surface area (Å²) in [5.41, 5.74) is -2.46. The molecule has 4 rings (SSSR count).